The first-order valence-electron chi connectivity index (χ1n) is 4.99. The summed E-state index contributed by atoms with van der Waals surface area (Å²) in [5, 5.41) is 19.7. The molecule has 1 saturated heterocycles. The van der Waals surface area contributed by atoms with Crippen LogP contribution in [-0.2, 0) is 11.3 Å². The average molecular weight is 227 g/mol. The number of nitrogens with zero attached hydrogens (tertiary/aromatic N) is 1. The summed E-state index contributed by atoms with van der Waals surface area (Å²) in [7, 11) is -1.35. The third-order valence-electron chi connectivity index (χ3n) is 2.46. The average Bonchev–Trinajstić information content (AvgIpc) is 2.68. The van der Waals surface area contributed by atoms with Gasteiger partial charge < -0.3 is 14.8 Å². The van der Waals surface area contributed by atoms with Crippen molar-refractivity contribution in [2.75, 3.05) is 26.3 Å². The predicted molar refractivity (Wildman–Crippen MR) is 60.2 cm³/mol. The van der Waals surface area contributed by atoms with Gasteiger partial charge in [0.2, 0.25) is 0 Å². The zero-order chi connectivity index (χ0) is 10.7. The van der Waals surface area contributed by atoms with Crippen LogP contribution in [0.3, 0.4) is 0 Å². The largest absolute Gasteiger partial charge is 0.489 e. The normalized spacial score (nSPS) is 18.0. The minimum atomic E-state index is -1.35. The molecule has 0 atom stereocenters. The zero-order valence-electron chi connectivity index (χ0n) is 8.43. The highest BCUT2D eigenvalue weighted by Crippen LogP contribution is 2.11. The summed E-state index contributed by atoms with van der Waals surface area (Å²) in [5.74, 6) is 0. The van der Waals surface area contributed by atoms with E-state index in [0.717, 1.165) is 32.8 Å². The Bertz CT molecular complexity index is 312. The summed E-state index contributed by atoms with van der Waals surface area (Å²) in [6.07, 6.45) is 0. The molecule has 2 heterocycles. The quantitative estimate of drug-likeness (QED) is 0.668. The van der Waals surface area contributed by atoms with E-state index < -0.39 is 7.12 Å². The minimum absolute atomic E-state index is 0.586. The summed E-state index contributed by atoms with van der Waals surface area (Å²) < 4.78 is 5.26. The maximum absolute atomic E-state index is 8.97. The molecule has 82 valence electrons. The Hall–Kier alpha value is -0.395. The Morgan fingerprint density at radius 3 is 2.73 bits per heavy atom. The molecule has 0 saturated carbocycles. The molecule has 1 aromatic heterocycles. The van der Waals surface area contributed by atoms with E-state index in [9.17, 15) is 0 Å². The second-order valence-corrected chi connectivity index (χ2v) is 4.60. The van der Waals surface area contributed by atoms with Gasteiger partial charge in [-0.3, -0.25) is 4.90 Å². The van der Waals surface area contributed by atoms with Gasteiger partial charge in [0.05, 0.1) is 13.2 Å². The molecule has 1 aliphatic rings. The number of rotatable bonds is 3. The Labute approximate surface area is 93.2 Å². The first-order valence-corrected chi connectivity index (χ1v) is 5.87. The molecule has 15 heavy (non-hydrogen) atoms. The Balaban J connectivity index is 1.91. The molecule has 4 nitrogen and oxygen atoms in total. The fourth-order valence-electron chi connectivity index (χ4n) is 1.60. The van der Waals surface area contributed by atoms with Crippen LogP contribution < -0.4 is 5.46 Å². The van der Waals surface area contributed by atoms with Gasteiger partial charge in [0, 0.05) is 24.5 Å². The highest BCUT2D eigenvalue weighted by molar-refractivity contribution is 7.11. The smallest absolute Gasteiger partial charge is 0.423 e. The molecular weight excluding hydrogens is 213 g/mol. The SMILES string of the molecule is OB(O)c1csc(CN2CCOCC2)c1. The van der Waals surface area contributed by atoms with Crippen LogP contribution in [0.2, 0.25) is 0 Å². The molecule has 6 heteroatoms. The van der Waals surface area contributed by atoms with Gasteiger partial charge >= 0.3 is 7.12 Å². The molecule has 1 fully saturated rings. The van der Waals surface area contributed by atoms with Gasteiger partial charge in [0.15, 0.2) is 0 Å². The van der Waals surface area contributed by atoms with Crippen molar-refractivity contribution in [3.05, 3.63) is 16.3 Å². The van der Waals surface area contributed by atoms with Gasteiger partial charge in [0.1, 0.15) is 0 Å². The summed E-state index contributed by atoms with van der Waals surface area (Å²) in [6.45, 7) is 4.37. The molecule has 0 bridgehead atoms. The van der Waals surface area contributed by atoms with E-state index in [2.05, 4.69) is 4.90 Å². The van der Waals surface area contributed by atoms with Crippen molar-refractivity contribution in [2.24, 2.45) is 0 Å². The van der Waals surface area contributed by atoms with Gasteiger partial charge in [-0.15, -0.1) is 11.3 Å². The highest BCUT2D eigenvalue weighted by atomic mass is 32.1. The van der Waals surface area contributed by atoms with Crippen LogP contribution in [0.5, 0.6) is 0 Å². The standard InChI is InChI=1S/C9H14BNO3S/c12-10(13)8-5-9(15-7-8)6-11-1-3-14-4-2-11/h5,7,12-13H,1-4,6H2. The van der Waals surface area contributed by atoms with E-state index in [-0.39, 0.29) is 0 Å². The van der Waals surface area contributed by atoms with Crippen molar-refractivity contribution in [3.8, 4) is 0 Å². The fraction of sp³-hybridized carbons (Fsp3) is 0.556. The van der Waals surface area contributed by atoms with Crippen molar-refractivity contribution in [1.82, 2.24) is 4.90 Å². The third-order valence-corrected chi connectivity index (χ3v) is 3.40. The number of hydrogen-bond donors (Lipinski definition) is 2. The molecule has 2 rings (SSSR count). The lowest BCUT2D eigenvalue weighted by Crippen LogP contribution is -2.35. The Morgan fingerprint density at radius 2 is 2.13 bits per heavy atom. The first kappa shape index (κ1) is 11.1. The second kappa shape index (κ2) is 5.09. The fourth-order valence-corrected chi connectivity index (χ4v) is 2.53. The van der Waals surface area contributed by atoms with Gasteiger partial charge in [0.25, 0.3) is 0 Å². The van der Waals surface area contributed by atoms with E-state index in [1.807, 2.05) is 6.07 Å². The van der Waals surface area contributed by atoms with E-state index in [1.54, 1.807) is 16.7 Å². The summed E-state index contributed by atoms with van der Waals surface area (Å²) in [4.78, 5) is 3.48. The van der Waals surface area contributed by atoms with Gasteiger partial charge in [-0.25, -0.2) is 0 Å². The maximum atomic E-state index is 8.97. The van der Waals surface area contributed by atoms with Crippen LogP contribution in [-0.4, -0.2) is 48.4 Å². The Morgan fingerprint density at radius 1 is 1.40 bits per heavy atom. The molecule has 0 radical (unpaired) electrons. The van der Waals surface area contributed by atoms with Gasteiger partial charge in [-0.1, -0.05) is 0 Å². The van der Waals surface area contributed by atoms with E-state index in [4.69, 9.17) is 14.8 Å². The van der Waals surface area contributed by atoms with Crippen molar-refractivity contribution in [2.45, 2.75) is 6.54 Å². The molecular formula is C9H14BNO3S. The van der Waals surface area contributed by atoms with Crippen LogP contribution in [0.25, 0.3) is 0 Å². The zero-order valence-corrected chi connectivity index (χ0v) is 9.24. The lowest BCUT2D eigenvalue weighted by molar-refractivity contribution is 0.0346. The van der Waals surface area contributed by atoms with Crippen LogP contribution in [0.4, 0.5) is 0 Å². The molecule has 0 spiro atoms. The Kier molecular flexibility index (Phi) is 3.77. The van der Waals surface area contributed by atoms with E-state index in [0.29, 0.717) is 5.46 Å². The summed E-state index contributed by atoms with van der Waals surface area (Å²) in [5.41, 5.74) is 0.586. The molecule has 0 unspecified atom stereocenters. The van der Waals surface area contributed by atoms with Crippen molar-refractivity contribution >= 4 is 23.9 Å². The van der Waals surface area contributed by atoms with E-state index in [1.165, 1.54) is 4.88 Å². The molecule has 0 aromatic carbocycles. The number of thiophene rings is 1. The van der Waals surface area contributed by atoms with Crippen molar-refractivity contribution in [3.63, 3.8) is 0 Å². The van der Waals surface area contributed by atoms with Gasteiger partial charge in [-0.2, -0.15) is 0 Å². The molecule has 1 aliphatic heterocycles. The van der Waals surface area contributed by atoms with Crippen molar-refractivity contribution in [1.29, 1.82) is 0 Å². The molecule has 2 N–H and O–H groups in total. The third kappa shape index (κ3) is 3.03. The lowest BCUT2D eigenvalue weighted by Gasteiger charge is -2.25. The molecule has 0 aliphatic carbocycles. The first-order chi connectivity index (χ1) is 7.25. The number of morpholine rings is 1. The highest BCUT2D eigenvalue weighted by Gasteiger charge is 2.15. The summed E-state index contributed by atoms with van der Waals surface area (Å²) in [6, 6.07) is 1.85. The minimum Gasteiger partial charge on any atom is -0.423 e. The van der Waals surface area contributed by atoms with Gasteiger partial charge in [-0.05, 0) is 16.9 Å². The lowest BCUT2D eigenvalue weighted by atomic mass is 9.83. The summed E-state index contributed by atoms with van der Waals surface area (Å²) >= 11 is 1.57. The molecule has 1 aromatic rings. The molecule has 0 amide bonds. The maximum Gasteiger partial charge on any atom is 0.489 e. The number of hydrogen-bond acceptors (Lipinski definition) is 5. The number of ether oxygens (including phenoxy) is 1. The van der Waals surface area contributed by atoms with Crippen LogP contribution in [0, 0.1) is 0 Å². The van der Waals surface area contributed by atoms with Crippen LogP contribution in [0.1, 0.15) is 4.88 Å². The van der Waals surface area contributed by atoms with Crippen LogP contribution in [0.15, 0.2) is 11.4 Å². The predicted octanol–water partition coefficient (Wildman–Crippen LogP) is -0.740. The second-order valence-electron chi connectivity index (χ2n) is 3.61. The monoisotopic (exact) mass is 227 g/mol. The van der Waals surface area contributed by atoms with Crippen LogP contribution >= 0.6 is 11.3 Å². The van der Waals surface area contributed by atoms with Crippen molar-refractivity contribution < 1.29 is 14.8 Å². The topological polar surface area (TPSA) is 52.9 Å². The van der Waals surface area contributed by atoms with E-state index >= 15 is 0 Å².